The van der Waals surface area contributed by atoms with Gasteiger partial charge in [0, 0.05) is 24.0 Å². The average Bonchev–Trinajstić information content (AvgIpc) is 3.17. The van der Waals surface area contributed by atoms with Crippen molar-refractivity contribution in [2.45, 2.75) is 23.6 Å². The van der Waals surface area contributed by atoms with Gasteiger partial charge in [-0.15, -0.1) is 0 Å². The molecule has 0 aliphatic carbocycles. The number of fused-ring (bicyclic) bond motifs is 3. The van der Waals surface area contributed by atoms with Gasteiger partial charge in [0.25, 0.3) is 5.91 Å². The number of carbonyl (C=O) groups is 2. The van der Waals surface area contributed by atoms with Gasteiger partial charge in [-0.1, -0.05) is 42.5 Å². The highest BCUT2D eigenvalue weighted by atomic mass is 32.2. The number of benzene rings is 3. The number of nitrogens with zero attached hydrogens (tertiary/aromatic N) is 1. The van der Waals surface area contributed by atoms with Gasteiger partial charge in [0.2, 0.25) is 10.0 Å². The van der Waals surface area contributed by atoms with E-state index < -0.39 is 44.8 Å². The third-order valence-electron chi connectivity index (χ3n) is 6.55. The van der Waals surface area contributed by atoms with Crippen molar-refractivity contribution in [2.24, 2.45) is 0 Å². The first-order valence-corrected chi connectivity index (χ1v) is 12.7. The number of hydrogen-bond acceptors (Lipinski definition) is 6. The standard InChI is InChI=1S/C25H21F3N2O6S/c1-15-6-8-17(37(33,34)30-10-12-35-13-11-30)14-19(15)22(31)36-24(25(26,27)28)20-9-7-16-4-2-3-5-18(16)21(20)29-23(24)32/h2-9,14H,10-13H2,1H3,(H,29,32)/t24-/m0/s1. The summed E-state index contributed by atoms with van der Waals surface area (Å²) in [5.41, 5.74) is -4.49. The van der Waals surface area contributed by atoms with E-state index in [1.54, 1.807) is 24.3 Å². The molecule has 0 bridgehead atoms. The van der Waals surface area contributed by atoms with Crippen LogP contribution in [0, 0.1) is 6.92 Å². The van der Waals surface area contributed by atoms with Gasteiger partial charge in [0.05, 0.1) is 29.4 Å². The number of hydrogen-bond donors (Lipinski definition) is 1. The first-order valence-electron chi connectivity index (χ1n) is 11.3. The zero-order valence-corrected chi connectivity index (χ0v) is 20.3. The lowest BCUT2D eigenvalue weighted by molar-refractivity contribution is -0.251. The number of alkyl halides is 3. The van der Waals surface area contributed by atoms with Crippen molar-refractivity contribution in [3.8, 4) is 0 Å². The summed E-state index contributed by atoms with van der Waals surface area (Å²) < 4.78 is 81.2. The van der Waals surface area contributed by atoms with Crippen LogP contribution >= 0.6 is 0 Å². The zero-order chi connectivity index (χ0) is 26.6. The van der Waals surface area contributed by atoms with E-state index in [0.29, 0.717) is 10.8 Å². The van der Waals surface area contributed by atoms with E-state index in [4.69, 9.17) is 9.47 Å². The Bertz CT molecular complexity index is 1530. The number of aryl methyl sites for hydroxylation is 1. The third kappa shape index (κ3) is 3.95. The van der Waals surface area contributed by atoms with Crippen LogP contribution in [0.4, 0.5) is 18.9 Å². The summed E-state index contributed by atoms with van der Waals surface area (Å²) in [5, 5.41) is 3.18. The van der Waals surface area contributed by atoms with Gasteiger partial charge in [-0.25, -0.2) is 13.2 Å². The van der Waals surface area contributed by atoms with E-state index in [9.17, 15) is 31.2 Å². The summed E-state index contributed by atoms with van der Waals surface area (Å²) in [6.07, 6.45) is -5.31. The molecule has 1 amide bonds. The maximum Gasteiger partial charge on any atom is 0.442 e. The Morgan fingerprint density at radius 1 is 1.08 bits per heavy atom. The van der Waals surface area contributed by atoms with Crippen molar-refractivity contribution < 1.29 is 40.7 Å². The molecule has 1 N–H and O–H groups in total. The lowest BCUT2D eigenvalue weighted by atomic mass is 9.92. The summed E-state index contributed by atoms with van der Waals surface area (Å²) >= 11 is 0. The monoisotopic (exact) mass is 534 g/mol. The number of halogens is 3. The van der Waals surface area contributed by atoms with Crippen molar-refractivity contribution in [1.82, 2.24) is 4.31 Å². The van der Waals surface area contributed by atoms with Crippen molar-refractivity contribution >= 4 is 38.4 Å². The molecule has 194 valence electrons. The van der Waals surface area contributed by atoms with Gasteiger partial charge in [-0.2, -0.15) is 17.5 Å². The fourth-order valence-electron chi connectivity index (χ4n) is 4.58. The number of carbonyl (C=O) groups excluding carboxylic acids is 2. The molecule has 8 nitrogen and oxygen atoms in total. The highest BCUT2D eigenvalue weighted by Gasteiger charge is 2.69. The summed E-state index contributed by atoms with van der Waals surface area (Å²) in [6, 6.07) is 12.6. The van der Waals surface area contributed by atoms with Crippen LogP contribution in [0.25, 0.3) is 10.8 Å². The van der Waals surface area contributed by atoms with Gasteiger partial charge in [-0.05, 0) is 30.0 Å². The minimum Gasteiger partial charge on any atom is -0.430 e. The van der Waals surface area contributed by atoms with Crippen LogP contribution in [-0.2, 0) is 29.9 Å². The molecule has 0 unspecified atom stereocenters. The average molecular weight is 535 g/mol. The fraction of sp³-hybridized carbons (Fsp3) is 0.280. The number of sulfonamides is 1. The quantitative estimate of drug-likeness (QED) is 0.512. The summed E-state index contributed by atoms with van der Waals surface area (Å²) in [4.78, 5) is 25.8. The molecule has 2 aliphatic heterocycles. The van der Waals surface area contributed by atoms with E-state index >= 15 is 0 Å². The Labute approximate surface area is 210 Å². The molecule has 1 fully saturated rings. The van der Waals surface area contributed by atoms with Gasteiger partial charge >= 0.3 is 17.7 Å². The molecule has 12 heteroatoms. The molecule has 0 radical (unpaired) electrons. The highest BCUT2D eigenvalue weighted by Crippen LogP contribution is 2.51. The molecule has 2 heterocycles. The van der Waals surface area contributed by atoms with Gasteiger partial charge in [0.1, 0.15) is 0 Å². The van der Waals surface area contributed by atoms with Gasteiger partial charge in [-0.3, -0.25) is 4.79 Å². The molecule has 1 atom stereocenters. The van der Waals surface area contributed by atoms with Crippen LogP contribution < -0.4 is 5.32 Å². The Morgan fingerprint density at radius 3 is 2.49 bits per heavy atom. The molecule has 0 saturated carbocycles. The van der Waals surface area contributed by atoms with Crippen LogP contribution in [0.15, 0.2) is 59.5 Å². The Morgan fingerprint density at radius 2 is 1.78 bits per heavy atom. The second-order valence-corrected chi connectivity index (χ2v) is 10.7. The van der Waals surface area contributed by atoms with E-state index in [1.165, 1.54) is 29.4 Å². The Balaban J connectivity index is 1.58. The molecule has 3 aromatic rings. The van der Waals surface area contributed by atoms with E-state index in [1.807, 2.05) is 0 Å². The Kier molecular flexibility index (Phi) is 6.00. The summed E-state index contributed by atoms with van der Waals surface area (Å²) in [5.74, 6) is -3.04. The van der Waals surface area contributed by atoms with Crippen molar-refractivity contribution in [1.29, 1.82) is 0 Å². The molecule has 3 aromatic carbocycles. The molecule has 0 spiro atoms. The largest absolute Gasteiger partial charge is 0.442 e. The van der Waals surface area contributed by atoms with Crippen LogP contribution in [0.1, 0.15) is 21.5 Å². The van der Waals surface area contributed by atoms with E-state index in [0.717, 1.165) is 12.1 Å². The van der Waals surface area contributed by atoms with Crippen LogP contribution in [0.3, 0.4) is 0 Å². The van der Waals surface area contributed by atoms with E-state index in [2.05, 4.69) is 5.32 Å². The van der Waals surface area contributed by atoms with Crippen molar-refractivity contribution in [3.05, 3.63) is 71.3 Å². The molecular formula is C25H21F3N2O6S. The summed E-state index contributed by atoms with van der Waals surface area (Å²) in [7, 11) is -4.05. The Hall–Kier alpha value is -3.48. The van der Waals surface area contributed by atoms with E-state index in [-0.39, 0.29) is 42.4 Å². The topological polar surface area (TPSA) is 102 Å². The SMILES string of the molecule is Cc1ccc(S(=O)(=O)N2CCOCC2)cc1C(=O)O[C@]1(C(F)(F)F)C(=O)Nc2c1ccc1ccccc21. The highest BCUT2D eigenvalue weighted by molar-refractivity contribution is 7.89. The van der Waals surface area contributed by atoms with Crippen LogP contribution in [0.5, 0.6) is 0 Å². The number of anilines is 1. The first kappa shape index (κ1) is 25.2. The van der Waals surface area contributed by atoms with Gasteiger partial charge < -0.3 is 14.8 Å². The number of rotatable bonds is 4. The fourth-order valence-corrected chi connectivity index (χ4v) is 6.01. The lowest BCUT2D eigenvalue weighted by Gasteiger charge is -2.30. The number of nitrogens with one attached hydrogen (secondary N) is 1. The third-order valence-corrected chi connectivity index (χ3v) is 8.44. The molecule has 1 saturated heterocycles. The normalized spacial score (nSPS) is 20.5. The smallest absolute Gasteiger partial charge is 0.430 e. The van der Waals surface area contributed by atoms with Gasteiger partial charge in [0.15, 0.2) is 0 Å². The summed E-state index contributed by atoms with van der Waals surface area (Å²) in [6.45, 7) is 2.00. The molecule has 2 aliphatic rings. The zero-order valence-electron chi connectivity index (χ0n) is 19.5. The number of ether oxygens (including phenoxy) is 2. The van der Waals surface area contributed by atoms with Crippen LogP contribution in [0.2, 0.25) is 0 Å². The second kappa shape index (κ2) is 8.82. The minimum absolute atomic E-state index is 0.0953. The predicted octanol–water partition coefficient (Wildman–Crippen LogP) is 3.74. The van der Waals surface area contributed by atoms with Crippen molar-refractivity contribution in [3.63, 3.8) is 0 Å². The lowest BCUT2D eigenvalue weighted by Crippen LogP contribution is -2.51. The second-order valence-electron chi connectivity index (χ2n) is 8.73. The van der Waals surface area contributed by atoms with Crippen molar-refractivity contribution in [2.75, 3.05) is 31.6 Å². The molecule has 37 heavy (non-hydrogen) atoms. The maximum atomic E-state index is 14.6. The minimum atomic E-state index is -5.31. The first-order chi connectivity index (χ1) is 17.5. The molecule has 0 aromatic heterocycles. The van der Waals surface area contributed by atoms with Crippen LogP contribution in [-0.4, -0.2) is 57.1 Å². The molecular weight excluding hydrogens is 513 g/mol. The maximum absolute atomic E-state index is 14.6. The molecule has 5 rings (SSSR count). The number of morpholine rings is 1. The number of amides is 1. The predicted molar refractivity (Wildman–Crippen MR) is 126 cm³/mol. The number of esters is 1.